The Morgan fingerprint density at radius 1 is 1.20 bits per heavy atom. The van der Waals surface area contributed by atoms with Crippen molar-refractivity contribution in [3.8, 4) is 5.69 Å². The Balaban J connectivity index is 1.89. The van der Waals surface area contributed by atoms with Crippen LogP contribution < -0.4 is 4.90 Å². The first-order chi connectivity index (χ1) is 9.88. The first kappa shape index (κ1) is 13.4. The lowest BCUT2D eigenvalue weighted by Crippen LogP contribution is -2.31. The Morgan fingerprint density at radius 2 is 2.05 bits per heavy atom. The van der Waals surface area contributed by atoms with Crippen molar-refractivity contribution in [3.63, 3.8) is 0 Å². The molecule has 1 aliphatic heterocycles. The van der Waals surface area contributed by atoms with E-state index in [0.717, 1.165) is 24.7 Å². The summed E-state index contributed by atoms with van der Waals surface area (Å²) in [6.07, 6.45) is 5.96. The van der Waals surface area contributed by atoms with Gasteiger partial charge in [0.05, 0.1) is 5.69 Å². The third-order valence-electron chi connectivity index (χ3n) is 3.70. The SMILES string of the molecule is CSC1CCCCN(c2nnnn2-c2ccccc2)C1. The molecule has 1 atom stereocenters. The molecule has 6 heteroatoms. The summed E-state index contributed by atoms with van der Waals surface area (Å²) < 4.78 is 1.84. The highest BCUT2D eigenvalue weighted by Crippen LogP contribution is 2.24. The van der Waals surface area contributed by atoms with Crippen LogP contribution in [0.3, 0.4) is 0 Å². The lowest BCUT2D eigenvalue weighted by molar-refractivity contribution is 0.729. The second kappa shape index (κ2) is 6.26. The van der Waals surface area contributed by atoms with Gasteiger partial charge in [-0.15, -0.1) is 0 Å². The molecule has 0 N–H and O–H groups in total. The maximum atomic E-state index is 4.25. The summed E-state index contributed by atoms with van der Waals surface area (Å²) in [5.41, 5.74) is 1.01. The zero-order chi connectivity index (χ0) is 13.8. The quantitative estimate of drug-likeness (QED) is 0.868. The Kier molecular flexibility index (Phi) is 4.20. The summed E-state index contributed by atoms with van der Waals surface area (Å²) in [5.74, 6) is 0.858. The number of para-hydroxylation sites is 1. The van der Waals surface area contributed by atoms with Crippen molar-refractivity contribution in [1.29, 1.82) is 0 Å². The van der Waals surface area contributed by atoms with Crippen LogP contribution in [0, 0.1) is 0 Å². The smallest absolute Gasteiger partial charge is 0.250 e. The molecule has 1 aromatic heterocycles. The standard InChI is InChI=1S/C14H19N5S/c1-20-13-9-5-6-10-18(11-13)14-15-16-17-19(14)12-7-3-2-4-8-12/h2-4,7-8,13H,5-6,9-11H2,1H3. The fraction of sp³-hybridized carbons (Fsp3) is 0.500. The van der Waals surface area contributed by atoms with Crippen molar-refractivity contribution in [2.24, 2.45) is 0 Å². The molecule has 106 valence electrons. The van der Waals surface area contributed by atoms with Gasteiger partial charge in [-0.2, -0.15) is 16.4 Å². The minimum Gasteiger partial charge on any atom is -0.338 e. The molecule has 1 aromatic carbocycles. The summed E-state index contributed by atoms with van der Waals surface area (Å²) in [7, 11) is 0. The zero-order valence-electron chi connectivity index (χ0n) is 11.6. The molecular weight excluding hydrogens is 270 g/mol. The second-order valence-electron chi connectivity index (χ2n) is 5.03. The van der Waals surface area contributed by atoms with E-state index in [1.807, 2.05) is 46.8 Å². The van der Waals surface area contributed by atoms with E-state index in [4.69, 9.17) is 0 Å². The molecule has 0 spiro atoms. The van der Waals surface area contributed by atoms with Crippen molar-refractivity contribution in [1.82, 2.24) is 20.2 Å². The van der Waals surface area contributed by atoms with Crippen LogP contribution in [0.1, 0.15) is 19.3 Å². The van der Waals surface area contributed by atoms with Gasteiger partial charge in [0.15, 0.2) is 0 Å². The average Bonchev–Trinajstić information content (AvgIpc) is 2.87. The maximum Gasteiger partial charge on any atom is 0.250 e. The molecule has 1 unspecified atom stereocenters. The van der Waals surface area contributed by atoms with Gasteiger partial charge < -0.3 is 4.90 Å². The highest BCUT2D eigenvalue weighted by molar-refractivity contribution is 7.99. The van der Waals surface area contributed by atoms with Gasteiger partial charge >= 0.3 is 0 Å². The van der Waals surface area contributed by atoms with E-state index >= 15 is 0 Å². The molecule has 2 heterocycles. The normalized spacial score (nSPS) is 19.9. The summed E-state index contributed by atoms with van der Waals surface area (Å²) in [4.78, 5) is 2.32. The largest absolute Gasteiger partial charge is 0.338 e. The molecule has 1 saturated heterocycles. The molecule has 0 amide bonds. The van der Waals surface area contributed by atoms with Crippen molar-refractivity contribution in [2.75, 3.05) is 24.2 Å². The van der Waals surface area contributed by atoms with Crippen LogP contribution in [0.4, 0.5) is 5.95 Å². The molecular formula is C14H19N5S. The second-order valence-corrected chi connectivity index (χ2v) is 6.16. The topological polar surface area (TPSA) is 46.8 Å². The molecule has 2 aromatic rings. The minimum absolute atomic E-state index is 0.665. The number of hydrogen-bond acceptors (Lipinski definition) is 5. The van der Waals surface area contributed by atoms with Crippen LogP contribution in [-0.2, 0) is 0 Å². The predicted molar refractivity (Wildman–Crippen MR) is 82.5 cm³/mol. The molecule has 1 fully saturated rings. The number of tetrazole rings is 1. The van der Waals surface area contributed by atoms with Crippen LogP contribution in [-0.4, -0.2) is 44.8 Å². The summed E-state index contributed by atoms with van der Waals surface area (Å²) in [6.45, 7) is 2.05. The number of benzene rings is 1. The molecule has 0 aliphatic carbocycles. The number of aromatic nitrogens is 4. The van der Waals surface area contributed by atoms with E-state index in [-0.39, 0.29) is 0 Å². The van der Waals surface area contributed by atoms with Crippen LogP contribution in [0.2, 0.25) is 0 Å². The lowest BCUT2D eigenvalue weighted by atomic mass is 10.2. The van der Waals surface area contributed by atoms with E-state index in [2.05, 4.69) is 26.7 Å². The first-order valence-electron chi connectivity index (χ1n) is 7.00. The van der Waals surface area contributed by atoms with Crippen LogP contribution in [0.25, 0.3) is 5.69 Å². The number of hydrogen-bond donors (Lipinski definition) is 0. The fourth-order valence-corrected chi connectivity index (χ4v) is 3.32. The van der Waals surface area contributed by atoms with Gasteiger partial charge in [-0.25, -0.2) is 0 Å². The van der Waals surface area contributed by atoms with Crippen LogP contribution >= 0.6 is 11.8 Å². The Hall–Kier alpha value is -1.56. The molecule has 0 saturated carbocycles. The van der Waals surface area contributed by atoms with Crippen molar-refractivity contribution in [3.05, 3.63) is 30.3 Å². The minimum atomic E-state index is 0.665. The van der Waals surface area contributed by atoms with E-state index in [1.54, 1.807) is 0 Å². The van der Waals surface area contributed by atoms with Crippen molar-refractivity contribution < 1.29 is 0 Å². The predicted octanol–water partition coefficient (Wildman–Crippen LogP) is 2.38. The number of rotatable bonds is 3. The Bertz CT molecular complexity index is 542. The molecule has 5 nitrogen and oxygen atoms in total. The van der Waals surface area contributed by atoms with Gasteiger partial charge in [0.2, 0.25) is 5.95 Å². The van der Waals surface area contributed by atoms with Crippen LogP contribution in [0.15, 0.2) is 30.3 Å². The zero-order valence-corrected chi connectivity index (χ0v) is 12.5. The van der Waals surface area contributed by atoms with Crippen LogP contribution in [0.5, 0.6) is 0 Å². The third-order valence-corrected chi connectivity index (χ3v) is 4.75. The molecule has 1 aliphatic rings. The Labute approximate surface area is 123 Å². The van der Waals surface area contributed by atoms with Crippen molar-refractivity contribution >= 4 is 17.7 Å². The van der Waals surface area contributed by atoms with Gasteiger partial charge in [0.25, 0.3) is 0 Å². The molecule has 0 bridgehead atoms. The number of anilines is 1. The molecule has 3 rings (SSSR count). The summed E-state index contributed by atoms with van der Waals surface area (Å²) in [6, 6.07) is 10.1. The van der Waals surface area contributed by atoms with Gasteiger partial charge in [-0.3, -0.25) is 0 Å². The highest BCUT2D eigenvalue weighted by Gasteiger charge is 2.22. The number of thioether (sulfide) groups is 1. The fourth-order valence-electron chi connectivity index (χ4n) is 2.59. The third kappa shape index (κ3) is 2.80. The highest BCUT2D eigenvalue weighted by atomic mass is 32.2. The first-order valence-corrected chi connectivity index (χ1v) is 8.29. The molecule has 20 heavy (non-hydrogen) atoms. The average molecular weight is 289 g/mol. The number of nitrogens with zero attached hydrogens (tertiary/aromatic N) is 5. The summed E-state index contributed by atoms with van der Waals surface area (Å²) in [5, 5.41) is 12.9. The lowest BCUT2D eigenvalue weighted by Gasteiger charge is -2.23. The molecule has 0 radical (unpaired) electrons. The monoisotopic (exact) mass is 289 g/mol. The van der Waals surface area contributed by atoms with Gasteiger partial charge in [0, 0.05) is 18.3 Å². The van der Waals surface area contributed by atoms with Crippen molar-refractivity contribution in [2.45, 2.75) is 24.5 Å². The van der Waals surface area contributed by atoms with E-state index in [9.17, 15) is 0 Å². The van der Waals surface area contributed by atoms with E-state index in [0.29, 0.717) is 5.25 Å². The van der Waals surface area contributed by atoms with Gasteiger partial charge in [-0.05, 0) is 41.7 Å². The van der Waals surface area contributed by atoms with Gasteiger partial charge in [0.1, 0.15) is 0 Å². The van der Waals surface area contributed by atoms with Gasteiger partial charge in [-0.1, -0.05) is 29.7 Å². The Morgan fingerprint density at radius 3 is 2.85 bits per heavy atom. The van der Waals surface area contributed by atoms with E-state index < -0.39 is 0 Å². The maximum absolute atomic E-state index is 4.25. The van der Waals surface area contributed by atoms with E-state index in [1.165, 1.54) is 19.3 Å². The summed E-state index contributed by atoms with van der Waals surface area (Å²) >= 11 is 1.94.